The Hall–Kier alpha value is -1.06. The Labute approximate surface area is 109 Å². The second-order valence-corrected chi connectivity index (χ2v) is 5.08. The first kappa shape index (κ1) is 13.4. The molecule has 1 N–H and O–H groups in total. The van der Waals surface area contributed by atoms with E-state index in [1.165, 1.54) is 5.56 Å². The Balaban J connectivity index is 1.78. The van der Waals surface area contributed by atoms with E-state index in [1.54, 1.807) is 0 Å². The van der Waals surface area contributed by atoms with Crippen LogP contribution in [0.4, 0.5) is 0 Å². The molecule has 0 unspecified atom stereocenters. The van der Waals surface area contributed by atoms with Gasteiger partial charge >= 0.3 is 0 Å². The van der Waals surface area contributed by atoms with Gasteiger partial charge in [-0.3, -0.25) is 0 Å². The summed E-state index contributed by atoms with van der Waals surface area (Å²) < 4.78 is 11.0. The van der Waals surface area contributed by atoms with Crippen LogP contribution in [0.15, 0.2) is 24.3 Å². The van der Waals surface area contributed by atoms with Crippen molar-refractivity contribution in [3.05, 3.63) is 29.8 Å². The van der Waals surface area contributed by atoms with Gasteiger partial charge in [0.2, 0.25) is 0 Å². The minimum Gasteiger partial charge on any atom is -0.491 e. The van der Waals surface area contributed by atoms with E-state index >= 15 is 0 Å². The molecule has 1 aromatic carbocycles. The molecule has 0 radical (unpaired) electrons. The lowest BCUT2D eigenvalue weighted by atomic mass is 10.1. The third-order valence-electron chi connectivity index (χ3n) is 3.11. The van der Waals surface area contributed by atoms with Crippen molar-refractivity contribution in [2.24, 2.45) is 0 Å². The van der Waals surface area contributed by atoms with Gasteiger partial charge in [0.15, 0.2) is 0 Å². The molecule has 1 aliphatic rings. The van der Waals surface area contributed by atoms with E-state index in [1.807, 2.05) is 26.0 Å². The SMILES string of the molecule is CC(C)Oc1ccc(CNC2CCOCC2)cc1. The Morgan fingerprint density at radius 3 is 2.50 bits per heavy atom. The average molecular weight is 249 g/mol. The van der Waals surface area contributed by atoms with Gasteiger partial charge in [-0.1, -0.05) is 12.1 Å². The largest absolute Gasteiger partial charge is 0.491 e. The molecule has 2 rings (SSSR count). The van der Waals surface area contributed by atoms with Gasteiger partial charge in [0.1, 0.15) is 5.75 Å². The molecule has 0 atom stereocenters. The highest BCUT2D eigenvalue weighted by atomic mass is 16.5. The Bertz CT molecular complexity index is 342. The molecular weight excluding hydrogens is 226 g/mol. The second-order valence-electron chi connectivity index (χ2n) is 5.08. The van der Waals surface area contributed by atoms with Crippen LogP contribution >= 0.6 is 0 Å². The van der Waals surface area contributed by atoms with Crippen LogP contribution in [0.25, 0.3) is 0 Å². The average Bonchev–Trinajstić information content (AvgIpc) is 2.38. The van der Waals surface area contributed by atoms with E-state index in [0.29, 0.717) is 6.04 Å². The molecule has 1 fully saturated rings. The standard InChI is InChI=1S/C15H23NO2/c1-12(2)18-15-5-3-13(4-6-15)11-16-14-7-9-17-10-8-14/h3-6,12,14,16H,7-11H2,1-2H3. The van der Waals surface area contributed by atoms with E-state index < -0.39 is 0 Å². The molecule has 1 saturated heterocycles. The topological polar surface area (TPSA) is 30.5 Å². The molecule has 3 nitrogen and oxygen atoms in total. The van der Waals surface area contributed by atoms with Crippen molar-refractivity contribution in [1.29, 1.82) is 0 Å². The lowest BCUT2D eigenvalue weighted by Crippen LogP contribution is -2.34. The van der Waals surface area contributed by atoms with Gasteiger partial charge in [-0.25, -0.2) is 0 Å². The first-order valence-corrected chi connectivity index (χ1v) is 6.81. The first-order chi connectivity index (χ1) is 8.74. The summed E-state index contributed by atoms with van der Waals surface area (Å²) in [4.78, 5) is 0. The summed E-state index contributed by atoms with van der Waals surface area (Å²) in [6, 6.07) is 8.95. The second kappa shape index (κ2) is 6.76. The molecule has 0 spiro atoms. The van der Waals surface area contributed by atoms with Crippen LogP contribution in [0.3, 0.4) is 0 Å². The maximum Gasteiger partial charge on any atom is 0.119 e. The maximum absolute atomic E-state index is 5.63. The highest BCUT2D eigenvalue weighted by Crippen LogP contribution is 2.14. The zero-order valence-electron chi connectivity index (χ0n) is 11.3. The first-order valence-electron chi connectivity index (χ1n) is 6.81. The van der Waals surface area contributed by atoms with E-state index in [-0.39, 0.29) is 6.10 Å². The molecule has 1 aromatic rings. The van der Waals surface area contributed by atoms with Crippen molar-refractivity contribution < 1.29 is 9.47 Å². The normalized spacial score (nSPS) is 17.1. The minimum absolute atomic E-state index is 0.233. The molecule has 0 aliphatic carbocycles. The van der Waals surface area contributed by atoms with Crippen LogP contribution in [0.2, 0.25) is 0 Å². The summed E-state index contributed by atoms with van der Waals surface area (Å²) in [5.74, 6) is 0.944. The fraction of sp³-hybridized carbons (Fsp3) is 0.600. The molecule has 100 valence electrons. The lowest BCUT2D eigenvalue weighted by molar-refractivity contribution is 0.0776. The Morgan fingerprint density at radius 2 is 1.89 bits per heavy atom. The maximum atomic E-state index is 5.63. The Morgan fingerprint density at radius 1 is 1.22 bits per heavy atom. The Kier molecular flexibility index (Phi) is 5.02. The molecule has 0 bridgehead atoms. The third-order valence-corrected chi connectivity index (χ3v) is 3.11. The van der Waals surface area contributed by atoms with Gasteiger partial charge in [-0.15, -0.1) is 0 Å². The van der Waals surface area contributed by atoms with Gasteiger partial charge < -0.3 is 14.8 Å². The minimum atomic E-state index is 0.233. The third kappa shape index (κ3) is 4.31. The van der Waals surface area contributed by atoms with Gasteiger partial charge in [0, 0.05) is 25.8 Å². The van der Waals surface area contributed by atoms with Crippen LogP contribution in [0, 0.1) is 0 Å². The van der Waals surface area contributed by atoms with Crippen molar-refractivity contribution in [2.45, 2.75) is 45.4 Å². The zero-order chi connectivity index (χ0) is 12.8. The van der Waals surface area contributed by atoms with Crippen LogP contribution < -0.4 is 10.1 Å². The zero-order valence-corrected chi connectivity index (χ0v) is 11.3. The molecule has 0 saturated carbocycles. The van der Waals surface area contributed by atoms with Crippen molar-refractivity contribution in [3.8, 4) is 5.75 Å². The van der Waals surface area contributed by atoms with Gasteiger partial charge in [-0.2, -0.15) is 0 Å². The number of hydrogen-bond donors (Lipinski definition) is 1. The van der Waals surface area contributed by atoms with Gasteiger partial charge in [-0.05, 0) is 44.4 Å². The lowest BCUT2D eigenvalue weighted by Gasteiger charge is -2.23. The van der Waals surface area contributed by atoms with Crippen LogP contribution in [-0.4, -0.2) is 25.4 Å². The summed E-state index contributed by atoms with van der Waals surface area (Å²) in [7, 11) is 0. The highest BCUT2D eigenvalue weighted by molar-refractivity contribution is 5.27. The molecule has 18 heavy (non-hydrogen) atoms. The molecule has 1 aliphatic heterocycles. The number of nitrogens with one attached hydrogen (secondary N) is 1. The predicted octanol–water partition coefficient (Wildman–Crippen LogP) is 2.74. The number of hydrogen-bond acceptors (Lipinski definition) is 3. The van der Waals surface area contributed by atoms with E-state index in [2.05, 4.69) is 17.4 Å². The summed E-state index contributed by atoms with van der Waals surface area (Å²) in [6.45, 7) is 6.78. The van der Waals surface area contributed by atoms with E-state index in [0.717, 1.165) is 38.3 Å². The molecule has 0 aromatic heterocycles. The quantitative estimate of drug-likeness (QED) is 0.870. The van der Waals surface area contributed by atoms with Gasteiger partial charge in [0.25, 0.3) is 0 Å². The fourth-order valence-electron chi connectivity index (χ4n) is 2.12. The number of ether oxygens (including phenoxy) is 2. The number of benzene rings is 1. The fourth-order valence-corrected chi connectivity index (χ4v) is 2.12. The molecule has 3 heteroatoms. The summed E-state index contributed by atoms with van der Waals surface area (Å²) in [5.41, 5.74) is 1.30. The summed E-state index contributed by atoms with van der Waals surface area (Å²) in [6.07, 6.45) is 2.47. The molecular formula is C15H23NO2. The smallest absolute Gasteiger partial charge is 0.119 e. The van der Waals surface area contributed by atoms with Gasteiger partial charge in [0.05, 0.1) is 6.10 Å². The number of rotatable bonds is 5. The summed E-state index contributed by atoms with van der Waals surface area (Å²) in [5, 5.41) is 3.58. The predicted molar refractivity (Wildman–Crippen MR) is 72.9 cm³/mol. The van der Waals surface area contributed by atoms with Crippen LogP contribution in [0.1, 0.15) is 32.3 Å². The van der Waals surface area contributed by atoms with Crippen molar-refractivity contribution >= 4 is 0 Å². The molecule has 0 amide bonds. The van der Waals surface area contributed by atoms with Crippen molar-refractivity contribution in [3.63, 3.8) is 0 Å². The van der Waals surface area contributed by atoms with E-state index in [9.17, 15) is 0 Å². The van der Waals surface area contributed by atoms with Crippen LogP contribution in [0.5, 0.6) is 5.75 Å². The molecule has 1 heterocycles. The highest BCUT2D eigenvalue weighted by Gasteiger charge is 2.12. The monoisotopic (exact) mass is 249 g/mol. The van der Waals surface area contributed by atoms with Crippen LogP contribution in [-0.2, 0) is 11.3 Å². The van der Waals surface area contributed by atoms with Crippen molar-refractivity contribution in [1.82, 2.24) is 5.32 Å². The van der Waals surface area contributed by atoms with E-state index in [4.69, 9.17) is 9.47 Å². The van der Waals surface area contributed by atoms with Crippen molar-refractivity contribution in [2.75, 3.05) is 13.2 Å². The summed E-state index contributed by atoms with van der Waals surface area (Å²) >= 11 is 0.